The van der Waals surface area contributed by atoms with Gasteiger partial charge in [0.15, 0.2) is 0 Å². The molecule has 1 heterocycles. The second kappa shape index (κ2) is 6.66. The van der Waals surface area contributed by atoms with Crippen LogP contribution in [-0.4, -0.2) is 35.9 Å². The summed E-state index contributed by atoms with van der Waals surface area (Å²) in [6.45, 7) is 1.27. The average molecular weight is 300 g/mol. The van der Waals surface area contributed by atoms with Gasteiger partial charge in [-0.15, -0.1) is 6.42 Å². The van der Waals surface area contributed by atoms with Gasteiger partial charge in [0, 0.05) is 39.8 Å². The van der Waals surface area contributed by atoms with Gasteiger partial charge in [-0.25, -0.2) is 11.2 Å². The molecule has 1 aliphatic heterocycles. The predicted molar refractivity (Wildman–Crippen MR) is 42.6 cm³/mol. The third-order valence-electron chi connectivity index (χ3n) is 1.67. The Bertz CT molecular complexity index is 212. The molecule has 3 unspecified atom stereocenters. The second-order valence-electron chi connectivity index (χ2n) is 2.59. The summed E-state index contributed by atoms with van der Waals surface area (Å²) < 4.78 is 24.4. The summed E-state index contributed by atoms with van der Waals surface area (Å²) in [5.74, 6) is 0. The molecule has 0 amide bonds. The van der Waals surface area contributed by atoms with Gasteiger partial charge < -0.3 is 14.7 Å². The van der Waals surface area contributed by atoms with Crippen LogP contribution in [0.5, 0.6) is 0 Å². The van der Waals surface area contributed by atoms with Gasteiger partial charge in [0.1, 0.15) is 0 Å². The minimum Gasteiger partial charge on any atom is -0.546 e. The number of hydrogen-bond acceptors (Lipinski definition) is 5. The topological polar surface area (TPSA) is 85.2 Å². The first-order chi connectivity index (χ1) is 6.05. The van der Waals surface area contributed by atoms with Crippen LogP contribution in [0.4, 0.5) is 0 Å². The van der Waals surface area contributed by atoms with E-state index in [1.165, 1.54) is 6.61 Å². The molecule has 0 bridgehead atoms. The fourth-order valence-electron chi connectivity index (χ4n) is 0.891. The molecule has 8 heteroatoms. The Kier molecular flexibility index (Phi) is 7.20. The zero-order valence-corrected chi connectivity index (χ0v) is 11.4. The number of aliphatic hydroxyl groups excluding tert-OH is 1. The van der Waals surface area contributed by atoms with Gasteiger partial charge in [-0.05, 0) is 0 Å². The van der Waals surface area contributed by atoms with E-state index in [0.717, 1.165) is 7.11 Å². The standard InChI is InChI=1S/C6H12O6P.Y/c1-10-13(8,9)12-4-6-5(7)2-3-11-6;/h3,5-7H,2,4H2,1H3,(H,8,9);/q-1;. The number of ether oxygens (including phenoxy) is 1. The molecule has 0 aromatic rings. The van der Waals surface area contributed by atoms with Crippen LogP contribution >= 0.6 is 7.82 Å². The van der Waals surface area contributed by atoms with Crippen molar-refractivity contribution < 1.29 is 61.1 Å². The van der Waals surface area contributed by atoms with E-state index in [0.29, 0.717) is 6.42 Å². The molecule has 0 spiro atoms. The Morgan fingerprint density at radius 1 is 1.71 bits per heavy atom. The van der Waals surface area contributed by atoms with Crippen molar-refractivity contribution >= 4 is 7.82 Å². The van der Waals surface area contributed by atoms with Gasteiger partial charge in [0.2, 0.25) is 0 Å². The van der Waals surface area contributed by atoms with Crippen molar-refractivity contribution in [1.82, 2.24) is 0 Å². The second-order valence-corrected chi connectivity index (χ2v) is 4.15. The third-order valence-corrected chi connectivity index (χ3v) is 2.61. The molecular weight excluding hydrogens is 288 g/mol. The minimum atomic E-state index is -3.96. The van der Waals surface area contributed by atoms with Crippen LogP contribution in [0.25, 0.3) is 0 Å². The number of phosphoric ester groups is 1. The van der Waals surface area contributed by atoms with Crippen molar-refractivity contribution in [1.29, 1.82) is 0 Å². The van der Waals surface area contributed by atoms with Crippen molar-refractivity contribution in [3.8, 4) is 0 Å². The first-order valence-corrected chi connectivity index (χ1v) is 5.23. The van der Waals surface area contributed by atoms with E-state index in [2.05, 4.69) is 9.05 Å². The van der Waals surface area contributed by atoms with Gasteiger partial charge in [0.25, 0.3) is 0 Å². The van der Waals surface area contributed by atoms with Crippen LogP contribution in [0.15, 0.2) is 0 Å². The summed E-state index contributed by atoms with van der Waals surface area (Å²) in [4.78, 5) is 8.83. The largest absolute Gasteiger partial charge is 0.546 e. The van der Waals surface area contributed by atoms with Crippen LogP contribution < -0.4 is 0 Å². The minimum absolute atomic E-state index is 0. The van der Waals surface area contributed by atoms with Gasteiger partial charge in [-0.2, -0.15) is 0 Å². The fraction of sp³-hybridized carbons (Fsp3) is 0.833. The normalized spacial score (nSPS) is 30.8. The first-order valence-electron chi connectivity index (χ1n) is 3.73. The van der Waals surface area contributed by atoms with E-state index in [4.69, 9.17) is 9.63 Å². The summed E-state index contributed by atoms with van der Waals surface area (Å²) in [6, 6.07) is 0. The number of phosphoric acid groups is 1. The summed E-state index contributed by atoms with van der Waals surface area (Å²) in [6.07, 6.45) is -0.871. The van der Waals surface area contributed by atoms with Crippen LogP contribution in [0.1, 0.15) is 6.42 Å². The van der Waals surface area contributed by atoms with Crippen molar-refractivity contribution in [2.75, 3.05) is 13.7 Å². The van der Waals surface area contributed by atoms with Crippen LogP contribution in [-0.2, 0) is 51.1 Å². The van der Waals surface area contributed by atoms with Gasteiger partial charge in [0.05, 0.1) is 18.8 Å². The van der Waals surface area contributed by atoms with Crippen LogP contribution in [0.3, 0.4) is 0 Å². The monoisotopic (exact) mass is 300 g/mol. The molecule has 0 aromatic heterocycles. The Balaban J connectivity index is 0.00000169. The fourth-order valence-corrected chi connectivity index (χ4v) is 1.33. The predicted octanol–water partition coefficient (Wildman–Crippen LogP) is 0.0589. The van der Waals surface area contributed by atoms with E-state index < -0.39 is 20.0 Å². The molecule has 0 aromatic carbocycles. The molecule has 3 atom stereocenters. The van der Waals surface area contributed by atoms with Crippen molar-refractivity contribution in [3.05, 3.63) is 6.61 Å². The maximum atomic E-state index is 10.8. The van der Waals surface area contributed by atoms with E-state index in [9.17, 15) is 9.67 Å². The Morgan fingerprint density at radius 3 is 2.79 bits per heavy atom. The summed E-state index contributed by atoms with van der Waals surface area (Å²) in [5.41, 5.74) is 0. The SMILES string of the molecule is COP(=O)(O)OCC1O[CH-]CC1O.[Y]. The molecule has 14 heavy (non-hydrogen) atoms. The van der Waals surface area contributed by atoms with Crippen molar-refractivity contribution in [3.63, 3.8) is 0 Å². The van der Waals surface area contributed by atoms with Crippen molar-refractivity contribution in [2.45, 2.75) is 18.6 Å². The quantitative estimate of drug-likeness (QED) is 0.564. The number of hydrogen-bond donors (Lipinski definition) is 2. The average Bonchev–Trinajstić information content (AvgIpc) is 2.48. The van der Waals surface area contributed by atoms with E-state index >= 15 is 0 Å². The first kappa shape index (κ1) is 15.1. The molecule has 1 rings (SSSR count). The molecule has 1 saturated heterocycles. The molecule has 0 saturated carbocycles. The van der Waals surface area contributed by atoms with Gasteiger partial charge >= 0.3 is 7.82 Å². The molecular formula is C6H12O6PY-. The van der Waals surface area contributed by atoms with Crippen LogP contribution in [0.2, 0.25) is 0 Å². The van der Waals surface area contributed by atoms with E-state index in [-0.39, 0.29) is 39.3 Å². The smallest absolute Gasteiger partial charge is 0.471 e. The van der Waals surface area contributed by atoms with Gasteiger partial charge in [-0.1, -0.05) is 0 Å². The number of aliphatic hydroxyl groups is 1. The van der Waals surface area contributed by atoms with Gasteiger partial charge in [-0.3, -0.25) is 9.05 Å². The molecule has 6 nitrogen and oxygen atoms in total. The summed E-state index contributed by atoms with van der Waals surface area (Å²) in [5, 5.41) is 9.21. The third kappa shape index (κ3) is 4.77. The maximum absolute atomic E-state index is 10.8. The van der Waals surface area contributed by atoms with Crippen LogP contribution in [0, 0.1) is 6.61 Å². The van der Waals surface area contributed by atoms with E-state index in [1.807, 2.05) is 0 Å². The number of rotatable bonds is 4. The molecule has 1 radical (unpaired) electrons. The summed E-state index contributed by atoms with van der Waals surface area (Å²) in [7, 11) is -2.89. The Hall–Kier alpha value is 1.13. The summed E-state index contributed by atoms with van der Waals surface area (Å²) >= 11 is 0. The maximum Gasteiger partial charge on any atom is 0.471 e. The molecule has 2 N–H and O–H groups in total. The molecule has 81 valence electrons. The zero-order chi connectivity index (χ0) is 9.90. The molecule has 1 fully saturated rings. The Morgan fingerprint density at radius 2 is 2.36 bits per heavy atom. The molecule has 0 aliphatic carbocycles. The molecule has 1 aliphatic rings. The van der Waals surface area contributed by atoms with Crippen molar-refractivity contribution in [2.24, 2.45) is 0 Å². The Labute approximate surface area is 107 Å². The van der Waals surface area contributed by atoms with E-state index in [1.54, 1.807) is 0 Å². The zero-order valence-electron chi connectivity index (χ0n) is 7.70.